The Morgan fingerprint density at radius 2 is 1.34 bits per heavy atom. The van der Waals surface area contributed by atoms with Crippen LogP contribution in [0.4, 0.5) is 20.2 Å². The van der Waals surface area contributed by atoms with E-state index in [4.69, 9.17) is 9.47 Å². The summed E-state index contributed by atoms with van der Waals surface area (Å²) in [6, 6.07) is 16.2. The van der Waals surface area contributed by atoms with Crippen molar-refractivity contribution in [2.45, 2.75) is 0 Å². The number of halogens is 2. The number of anilines is 2. The van der Waals surface area contributed by atoms with Crippen molar-refractivity contribution in [3.05, 3.63) is 89.6 Å². The van der Waals surface area contributed by atoms with Crippen LogP contribution in [0, 0.1) is 11.6 Å². The summed E-state index contributed by atoms with van der Waals surface area (Å²) in [6.07, 6.45) is 0. The number of nitrogens with zero attached hydrogens (tertiary/aromatic N) is 1. The van der Waals surface area contributed by atoms with Crippen LogP contribution in [-0.2, 0) is 9.59 Å². The number of amides is 2. The fourth-order valence-corrected chi connectivity index (χ4v) is 3.35. The van der Waals surface area contributed by atoms with Crippen molar-refractivity contribution in [2.24, 2.45) is 0 Å². The summed E-state index contributed by atoms with van der Waals surface area (Å²) < 4.78 is 37.5. The summed E-state index contributed by atoms with van der Waals surface area (Å²) in [5, 5.41) is 2.99. The Morgan fingerprint density at radius 3 is 1.91 bits per heavy atom. The lowest BCUT2D eigenvalue weighted by molar-refractivity contribution is -0.120. The zero-order chi connectivity index (χ0) is 22.8. The standard InChI is InChI=1S/C24H18F2N2O4/c1-31-17-8-3-14(4-9-17)21-22(27-15-5-10-18(32-2)11-6-15)24(30)28(23(21)29)16-7-12-19(25)20(26)13-16/h3-13,27H,1-2H3. The summed E-state index contributed by atoms with van der Waals surface area (Å²) in [5.41, 5.74) is 1.04. The van der Waals surface area contributed by atoms with Gasteiger partial charge in [-0.25, -0.2) is 13.7 Å². The Kier molecular flexibility index (Phi) is 5.59. The SMILES string of the molecule is COc1ccc(NC2=C(c3ccc(OC)cc3)C(=O)N(c3ccc(F)c(F)c3)C2=O)cc1. The number of nitrogens with one attached hydrogen (secondary N) is 1. The molecule has 6 nitrogen and oxygen atoms in total. The molecule has 0 fully saturated rings. The van der Waals surface area contributed by atoms with Crippen molar-refractivity contribution in [1.82, 2.24) is 0 Å². The average molecular weight is 436 g/mol. The van der Waals surface area contributed by atoms with Crippen LogP contribution in [-0.4, -0.2) is 26.0 Å². The van der Waals surface area contributed by atoms with Crippen LogP contribution >= 0.6 is 0 Å². The molecular formula is C24H18F2N2O4. The first kappa shape index (κ1) is 21.0. The number of carbonyl (C=O) groups excluding carboxylic acids is 2. The molecule has 32 heavy (non-hydrogen) atoms. The van der Waals surface area contributed by atoms with Crippen LogP contribution < -0.4 is 19.7 Å². The molecule has 8 heteroatoms. The molecule has 0 unspecified atom stereocenters. The highest BCUT2D eigenvalue weighted by atomic mass is 19.2. The first-order valence-electron chi connectivity index (χ1n) is 9.56. The van der Waals surface area contributed by atoms with Gasteiger partial charge in [-0.05, 0) is 54.1 Å². The second-order valence-corrected chi connectivity index (χ2v) is 6.88. The number of imide groups is 1. The minimum absolute atomic E-state index is 0.00932. The van der Waals surface area contributed by atoms with Crippen molar-refractivity contribution in [3.8, 4) is 11.5 Å². The van der Waals surface area contributed by atoms with Crippen molar-refractivity contribution >= 4 is 28.8 Å². The van der Waals surface area contributed by atoms with E-state index in [0.29, 0.717) is 22.7 Å². The number of hydrogen-bond donors (Lipinski definition) is 1. The minimum atomic E-state index is -1.16. The molecule has 0 radical (unpaired) electrons. The van der Waals surface area contributed by atoms with Gasteiger partial charge in [0.1, 0.15) is 17.2 Å². The molecule has 1 N–H and O–H groups in total. The number of carbonyl (C=O) groups is 2. The molecule has 1 heterocycles. The number of methoxy groups -OCH3 is 2. The summed E-state index contributed by atoms with van der Waals surface area (Å²) in [7, 11) is 3.05. The fourth-order valence-electron chi connectivity index (χ4n) is 3.35. The Bertz CT molecular complexity index is 1220. The minimum Gasteiger partial charge on any atom is -0.497 e. The molecule has 0 bridgehead atoms. The van der Waals surface area contributed by atoms with Crippen molar-refractivity contribution in [2.75, 3.05) is 24.4 Å². The predicted molar refractivity (Wildman–Crippen MR) is 115 cm³/mol. The van der Waals surface area contributed by atoms with Crippen molar-refractivity contribution in [1.29, 1.82) is 0 Å². The topological polar surface area (TPSA) is 67.9 Å². The van der Waals surface area contributed by atoms with Crippen LogP contribution in [0.2, 0.25) is 0 Å². The van der Waals surface area contributed by atoms with Gasteiger partial charge in [-0.15, -0.1) is 0 Å². The first-order chi connectivity index (χ1) is 15.4. The lowest BCUT2D eigenvalue weighted by Crippen LogP contribution is -2.32. The smallest absolute Gasteiger partial charge is 0.282 e. The molecule has 162 valence electrons. The van der Waals surface area contributed by atoms with Gasteiger partial charge < -0.3 is 14.8 Å². The van der Waals surface area contributed by atoms with Gasteiger partial charge in [0.15, 0.2) is 11.6 Å². The maximum atomic E-state index is 13.8. The van der Waals surface area contributed by atoms with E-state index >= 15 is 0 Å². The highest BCUT2D eigenvalue weighted by Crippen LogP contribution is 2.35. The molecule has 2 amide bonds. The van der Waals surface area contributed by atoms with Crippen LogP contribution in [0.25, 0.3) is 5.57 Å². The molecule has 0 aromatic heterocycles. The van der Waals surface area contributed by atoms with E-state index in [1.807, 2.05) is 0 Å². The van der Waals surface area contributed by atoms with E-state index < -0.39 is 23.4 Å². The maximum Gasteiger partial charge on any atom is 0.282 e. The Balaban J connectivity index is 1.79. The molecule has 0 saturated heterocycles. The number of benzene rings is 3. The van der Waals surface area contributed by atoms with Gasteiger partial charge in [-0.3, -0.25) is 9.59 Å². The summed E-state index contributed by atoms with van der Waals surface area (Å²) in [5.74, 6) is -2.39. The molecule has 3 aromatic carbocycles. The van der Waals surface area contributed by atoms with E-state index in [2.05, 4.69) is 5.32 Å². The third-order valence-electron chi connectivity index (χ3n) is 4.98. The largest absolute Gasteiger partial charge is 0.497 e. The summed E-state index contributed by atoms with van der Waals surface area (Å²) in [4.78, 5) is 27.4. The fraction of sp³-hybridized carbons (Fsp3) is 0.0833. The highest BCUT2D eigenvalue weighted by molar-refractivity contribution is 6.46. The van der Waals surface area contributed by atoms with E-state index in [0.717, 1.165) is 17.0 Å². The molecule has 4 rings (SSSR count). The van der Waals surface area contributed by atoms with Crippen LogP contribution in [0.1, 0.15) is 5.56 Å². The van der Waals surface area contributed by atoms with Crippen LogP contribution in [0.3, 0.4) is 0 Å². The Hall–Kier alpha value is -4.20. The molecule has 0 atom stereocenters. The second kappa shape index (κ2) is 8.50. The average Bonchev–Trinajstić information content (AvgIpc) is 3.05. The molecule has 3 aromatic rings. The highest BCUT2D eigenvalue weighted by Gasteiger charge is 2.40. The maximum absolute atomic E-state index is 13.8. The van der Waals surface area contributed by atoms with Gasteiger partial charge in [0.2, 0.25) is 0 Å². The van der Waals surface area contributed by atoms with E-state index in [1.165, 1.54) is 20.3 Å². The van der Waals surface area contributed by atoms with Crippen molar-refractivity contribution < 1.29 is 27.8 Å². The van der Waals surface area contributed by atoms with Crippen LogP contribution in [0.15, 0.2) is 72.4 Å². The van der Waals surface area contributed by atoms with Crippen molar-refractivity contribution in [3.63, 3.8) is 0 Å². The van der Waals surface area contributed by atoms with E-state index in [9.17, 15) is 18.4 Å². The van der Waals surface area contributed by atoms with Gasteiger partial charge in [0, 0.05) is 11.8 Å². The second-order valence-electron chi connectivity index (χ2n) is 6.88. The zero-order valence-corrected chi connectivity index (χ0v) is 17.2. The lowest BCUT2D eigenvalue weighted by atomic mass is 10.0. The molecule has 0 spiro atoms. The normalized spacial score (nSPS) is 13.6. The zero-order valence-electron chi connectivity index (χ0n) is 17.2. The van der Waals surface area contributed by atoms with Gasteiger partial charge >= 0.3 is 0 Å². The Labute approximate surface area is 182 Å². The summed E-state index contributed by atoms with van der Waals surface area (Å²) >= 11 is 0. The molecule has 1 aliphatic heterocycles. The lowest BCUT2D eigenvalue weighted by Gasteiger charge is -2.15. The number of hydrogen-bond acceptors (Lipinski definition) is 5. The van der Waals surface area contributed by atoms with Crippen LogP contribution in [0.5, 0.6) is 11.5 Å². The third kappa shape index (κ3) is 3.78. The number of rotatable bonds is 6. The van der Waals surface area contributed by atoms with Gasteiger partial charge in [0.05, 0.1) is 25.5 Å². The molecule has 1 aliphatic rings. The third-order valence-corrected chi connectivity index (χ3v) is 4.98. The van der Waals surface area contributed by atoms with Gasteiger partial charge in [-0.1, -0.05) is 12.1 Å². The van der Waals surface area contributed by atoms with Gasteiger partial charge in [-0.2, -0.15) is 0 Å². The molecule has 0 aliphatic carbocycles. The predicted octanol–water partition coefficient (Wildman–Crippen LogP) is 4.38. The van der Waals surface area contributed by atoms with Gasteiger partial charge in [0.25, 0.3) is 11.8 Å². The summed E-state index contributed by atoms with van der Waals surface area (Å²) in [6.45, 7) is 0. The Morgan fingerprint density at radius 1 is 0.750 bits per heavy atom. The first-order valence-corrected chi connectivity index (χ1v) is 9.56. The molecular weight excluding hydrogens is 418 g/mol. The van der Waals surface area contributed by atoms with E-state index in [1.54, 1.807) is 48.5 Å². The monoisotopic (exact) mass is 436 g/mol. The molecule has 0 saturated carbocycles. The van der Waals surface area contributed by atoms with E-state index in [-0.39, 0.29) is 17.0 Å². The quantitative estimate of drug-likeness (QED) is 0.581. The number of ether oxygens (including phenoxy) is 2.